The van der Waals surface area contributed by atoms with Crippen molar-refractivity contribution in [2.75, 3.05) is 6.61 Å². The van der Waals surface area contributed by atoms with Crippen LogP contribution in [0.5, 0.6) is 0 Å². The number of rotatable bonds is 7. The van der Waals surface area contributed by atoms with Gasteiger partial charge in [0.2, 0.25) is 5.91 Å². The van der Waals surface area contributed by atoms with Crippen LogP contribution in [0.2, 0.25) is 0 Å². The number of nitro benzene ring substituents is 1. The molecule has 0 aromatic heterocycles. The van der Waals surface area contributed by atoms with Crippen LogP contribution >= 0.6 is 0 Å². The number of carbonyl (C=O) groups excluding carboxylic acids is 2. The minimum atomic E-state index is -0.483. The second kappa shape index (κ2) is 8.60. The molecule has 1 heterocycles. The summed E-state index contributed by atoms with van der Waals surface area (Å²) in [5.74, 6) is -0.810. The van der Waals surface area contributed by atoms with Crippen molar-refractivity contribution in [1.82, 2.24) is 5.32 Å². The van der Waals surface area contributed by atoms with Crippen LogP contribution in [0.1, 0.15) is 51.5 Å². The minimum Gasteiger partial charge on any atom is -0.462 e. The number of benzene rings is 1. The molecule has 1 aromatic carbocycles. The predicted molar refractivity (Wildman–Crippen MR) is 96.3 cm³/mol. The van der Waals surface area contributed by atoms with Crippen LogP contribution in [0.3, 0.4) is 0 Å². The monoisotopic (exact) mass is 360 g/mol. The van der Waals surface area contributed by atoms with Crippen molar-refractivity contribution in [3.63, 3.8) is 0 Å². The Morgan fingerprint density at radius 2 is 1.92 bits per heavy atom. The van der Waals surface area contributed by atoms with Gasteiger partial charge in [-0.15, -0.1) is 0 Å². The zero-order chi connectivity index (χ0) is 19.3. The molecule has 0 radical (unpaired) electrons. The van der Waals surface area contributed by atoms with Crippen molar-refractivity contribution in [3.8, 4) is 0 Å². The Morgan fingerprint density at radius 3 is 2.46 bits per heavy atom. The van der Waals surface area contributed by atoms with E-state index in [1.807, 2.05) is 13.8 Å². The van der Waals surface area contributed by atoms with Crippen LogP contribution in [0.4, 0.5) is 5.69 Å². The summed E-state index contributed by atoms with van der Waals surface area (Å²) in [6.45, 7) is 6.10. The average molecular weight is 360 g/mol. The van der Waals surface area contributed by atoms with E-state index in [0.29, 0.717) is 29.4 Å². The number of non-ortho nitro benzene ring substituents is 1. The molecule has 7 nitrogen and oxygen atoms in total. The van der Waals surface area contributed by atoms with E-state index in [0.717, 1.165) is 12.8 Å². The van der Waals surface area contributed by atoms with Crippen molar-refractivity contribution in [2.45, 2.75) is 46.0 Å². The van der Waals surface area contributed by atoms with Gasteiger partial charge in [0.15, 0.2) is 0 Å². The first-order valence-electron chi connectivity index (χ1n) is 8.79. The van der Waals surface area contributed by atoms with Crippen molar-refractivity contribution < 1.29 is 19.2 Å². The van der Waals surface area contributed by atoms with Crippen LogP contribution < -0.4 is 5.32 Å². The van der Waals surface area contributed by atoms with Gasteiger partial charge in [-0.3, -0.25) is 14.9 Å². The van der Waals surface area contributed by atoms with E-state index >= 15 is 0 Å². The Kier molecular flexibility index (Phi) is 6.49. The minimum absolute atomic E-state index is 0.0347. The van der Waals surface area contributed by atoms with Crippen molar-refractivity contribution >= 4 is 17.6 Å². The second-order valence-electron chi connectivity index (χ2n) is 6.47. The fourth-order valence-corrected chi connectivity index (χ4v) is 3.08. The maximum atomic E-state index is 12.7. The van der Waals surface area contributed by atoms with Gasteiger partial charge in [-0.25, -0.2) is 4.79 Å². The van der Waals surface area contributed by atoms with Gasteiger partial charge in [0, 0.05) is 30.2 Å². The van der Waals surface area contributed by atoms with Crippen LogP contribution in [0.15, 0.2) is 35.5 Å². The third-order valence-electron chi connectivity index (χ3n) is 4.80. The lowest BCUT2D eigenvalue weighted by molar-refractivity contribution is -0.384. The van der Waals surface area contributed by atoms with Crippen LogP contribution in [-0.2, 0) is 14.3 Å². The number of amides is 1. The van der Waals surface area contributed by atoms with E-state index in [1.54, 1.807) is 19.1 Å². The lowest BCUT2D eigenvalue weighted by atomic mass is 9.84. The van der Waals surface area contributed by atoms with Gasteiger partial charge >= 0.3 is 5.97 Å². The smallest absolute Gasteiger partial charge is 0.336 e. The third kappa shape index (κ3) is 4.47. The normalized spacial score (nSPS) is 17.2. The molecule has 1 aliphatic rings. The highest BCUT2D eigenvalue weighted by Gasteiger charge is 2.33. The standard InChI is InChI=1S/C19H24N2O5/c1-4-13(5-2)11-26-19(23)18-12(3)20-17(22)10-16(18)14-6-8-15(9-7-14)21(24)25/h6-9,13,16H,4-5,10-11H2,1-3H3,(H,20,22)/t16-/m1/s1. The Hall–Kier alpha value is -2.70. The molecular weight excluding hydrogens is 336 g/mol. The maximum Gasteiger partial charge on any atom is 0.336 e. The second-order valence-corrected chi connectivity index (χ2v) is 6.47. The van der Waals surface area contributed by atoms with Crippen LogP contribution in [0.25, 0.3) is 0 Å². The molecule has 0 saturated carbocycles. The number of ether oxygens (including phenoxy) is 1. The number of hydrogen-bond donors (Lipinski definition) is 1. The summed E-state index contributed by atoms with van der Waals surface area (Å²) in [5.41, 5.74) is 1.52. The summed E-state index contributed by atoms with van der Waals surface area (Å²) >= 11 is 0. The molecule has 0 bridgehead atoms. The zero-order valence-electron chi connectivity index (χ0n) is 15.3. The summed E-state index contributed by atoms with van der Waals surface area (Å²) in [6, 6.07) is 5.93. The molecule has 0 fully saturated rings. The highest BCUT2D eigenvalue weighted by molar-refractivity contribution is 5.95. The number of nitro groups is 1. The zero-order valence-corrected chi connectivity index (χ0v) is 15.3. The van der Waals surface area contributed by atoms with E-state index in [1.165, 1.54) is 12.1 Å². The molecule has 1 aromatic rings. The number of carbonyl (C=O) groups is 2. The quantitative estimate of drug-likeness (QED) is 0.456. The van der Waals surface area contributed by atoms with Gasteiger partial charge in [-0.2, -0.15) is 0 Å². The molecule has 0 saturated heterocycles. The number of esters is 1. The summed E-state index contributed by atoms with van der Waals surface area (Å²) in [4.78, 5) is 35.0. The number of nitrogens with one attached hydrogen (secondary N) is 1. The maximum absolute atomic E-state index is 12.7. The van der Waals surface area contributed by atoms with E-state index in [-0.39, 0.29) is 18.0 Å². The first-order valence-corrected chi connectivity index (χ1v) is 8.79. The Bertz CT molecular complexity index is 720. The molecule has 0 spiro atoms. The van der Waals surface area contributed by atoms with E-state index in [9.17, 15) is 19.7 Å². The van der Waals surface area contributed by atoms with Crippen molar-refractivity contribution in [1.29, 1.82) is 0 Å². The van der Waals surface area contributed by atoms with Crippen molar-refractivity contribution in [2.24, 2.45) is 5.92 Å². The summed E-state index contributed by atoms with van der Waals surface area (Å²) in [5, 5.41) is 13.5. The summed E-state index contributed by atoms with van der Waals surface area (Å²) < 4.78 is 5.49. The van der Waals surface area contributed by atoms with E-state index < -0.39 is 16.8 Å². The third-order valence-corrected chi connectivity index (χ3v) is 4.80. The Balaban J connectivity index is 2.27. The van der Waals surface area contributed by atoms with Gasteiger partial charge in [0.1, 0.15) is 0 Å². The molecule has 1 amide bonds. The summed E-state index contributed by atoms with van der Waals surface area (Å²) in [6.07, 6.45) is 1.94. The highest BCUT2D eigenvalue weighted by Crippen LogP contribution is 2.34. The molecule has 26 heavy (non-hydrogen) atoms. The van der Waals surface area contributed by atoms with Gasteiger partial charge in [0.05, 0.1) is 17.1 Å². The van der Waals surface area contributed by atoms with E-state index in [4.69, 9.17) is 4.74 Å². The number of allylic oxidation sites excluding steroid dienone is 1. The first kappa shape index (κ1) is 19.6. The Labute approximate surface area is 152 Å². The molecule has 0 unspecified atom stereocenters. The predicted octanol–water partition coefficient (Wildman–Crippen LogP) is 3.45. The number of nitrogens with zero attached hydrogens (tertiary/aromatic N) is 1. The Morgan fingerprint density at radius 1 is 1.31 bits per heavy atom. The van der Waals surface area contributed by atoms with Crippen molar-refractivity contribution in [3.05, 3.63) is 51.2 Å². The van der Waals surface area contributed by atoms with Gasteiger partial charge in [-0.05, 0) is 18.4 Å². The van der Waals surface area contributed by atoms with Gasteiger partial charge in [-0.1, -0.05) is 38.8 Å². The molecule has 1 N–H and O–H groups in total. The molecular formula is C19H24N2O5. The van der Waals surface area contributed by atoms with Crippen LogP contribution in [0, 0.1) is 16.0 Å². The molecule has 1 aliphatic heterocycles. The van der Waals surface area contributed by atoms with E-state index in [2.05, 4.69) is 5.32 Å². The number of hydrogen-bond acceptors (Lipinski definition) is 5. The molecule has 1 atom stereocenters. The SMILES string of the molecule is CCC(CC)COC(=O)C1=C(C)NC(=O)C[C@@H]1c1ccc([N+](=O)[O-])cc1. The van der Waals surface area contributed by atoms with Crippen LogP contribution in [-0.4, -0.2) is 23.4 Å². The fourth-order valence-electron chi connectivity index (χ4n) is 3.08. The van der Waals surface area contributed by atoms with Gasteiger partial charge in [0.25, 0.3) is 5.69 Å². The lowest BCUT2D eigenvalue weighted by Gasteiger charge is -2.27. The molecule has 140 valence electrons. The highest BCUT2D eigenvalue weighted by atomic mass is 16.6. The topological polar surface area (TPSA) is 98.5 Å². The van der Waals surface area contributed by atoms with Gasteiger partial charge < -0.3 is 10.1 Å². The lowest BCUT2D eigenvalue weighted by Crippen LogP contribution is -2.34. The molecule has 0 aliphatic carbocycles. The fraction of sp³-hybridized carbons (Fsp3) is 0.474. The largest absolute Gasteiger partial charge is 0.462 e. The first-order chi connectivity index (χ1) is 12.4. The summed E-state index contributed by atoms with van der Waals surface area (Å²) in [7, 11) is 0. The molecule has 7 heteroatoms. The molecule has 2 rings (SSSR count). The average Bonchev–Trinajstić information content (AvgIpc) is 2.61.